The molecule has 2 aliphatic heterocycles. The van der Waals surface area contributed by atoms with E-state index in [1.54, 1.807) is 4.90 Å². The minimum absolute atomic E-state index is 0.0675. The Morgan fingerprint density at radius 1 is 0.976 bits per heavy atom. The highest BCUT2D eigenvalue weighted by atomic mass is 16.5. The number of fused-ring (bicyclic) bond motifs is 2. The number of hydrogen-bond acceptors (Lipinski definition) is 6. The van der Waals surface area contributed by atoms with Gasteiger partial charge in [0.1, 0.15) is 5.78 Å². The number of ether oxygens (including phenoxy) is 2. The van der Waals surface area contributed by atoms with Gasteiger partial charge < -0.3 is 34.5 Å². The quantitative estimate of drug-likeness (QED) is 0.340. The summed E-state index contributed by atoms with van der Waals surface area (Å²) in [5.41, 5.74) is 1.40. The Kier molecular flexibility index (Phi) is 16.8. The normalized spacial score (nSPS) is 24.2. The minimum Gasteiger partial charge on any atom is -0.465 e. The fourth-order valence-corrected chi connectivity index (χ4v) is 6.03. The van der Waals surface area contributed by atoms with E-state index in [4.69, 9.17) is 14.6 Å². The number of piperazine rings is 1. The zero-order chi connectivity index (χ0) is 31.1. The van der Waals surface area contributed by atoms with Crippen LogP contribution >= 0.6 is 0 Å². The number of nitrogens with zero attached hydrogens (tertiary/aromatic N) is 2. The van der Waals surface area contributed by atoms with Crippen molar-refractivity contribution in [2.24, 2.45) is 11.8 Å². The molecule has 0 aromatic rings. The molecule has 10 nitrogen and oxygen atoms in total. The highest BCUT2D eigenvalue weighted by Gasteiger charge is 2.47. The van der Waals surface area contributed by atoms with Gasteiger partial charge in [-0.25, -0.2) is 4.79 Å². The van der Waals surface area contributed by atoms with Gasteiger partial charge in [0.15, 0.2) is 0 Å². The van der Waals surface area contributed by atoms with Crippen molar-refractivity contribution in [3.05, 3.63) is 11.6 Å². The van der Waals surface area contributed by atoms with Gasteiger partial charge in [0.2, 0.25) is 11.8 Å². The maximum absolute atomic E-state index is 12.0. The monoisotopic (exact) mass is 581 g/mol. The predicted molar refractivity (Wildman–Crippen MR) is 160 cm³/mol. The van der Waals surface area contributed by atoms with Gasteiger partial charge in [0.05, 0.1) is 30.8 Å². The van der Waals surface area contributed by atoms with Crippen molar-refractivity contribution >= 4 is 23.7 Å². The summed E-state index contributed by atoms with van der Waals surface area (Å²) in [6.45, 7) is 12.6. The molecule has 0 spiro atoms. The number of hydrogen-bond donors (Lipinski definition) is 2. The third kappa shape index (κ3) is 11.7. The first-order valence-electron chi connectivity index (χ1n) is 15.2. The lowest BCUT2D eigenvalue weighted by Gasteiger charge is -2.38. The molecule has 5 unspecified atom stereocenters. The lowest BCUT2D eigenvalue weighted by molar-refractivity contribution is -0.134. The molecule has 2 bridgehead atoms. The summed E-state index contributed by atoms with van der Waals surface area (Å²) in [4.78, 5) is 48.2. The Morgan fingerprint density at radius 3 is 2.10 bits per heavy atom. The van der Waals surface area contributed by atoms with Crippen LogP contribution in [0.25, 0.3) is 0 Å². The Morgan fingerprint density at radius 2 is 1.59 bits per heavy atom. The maximum Gasteiger partial charge on any atom is 0.407 e. The van der Waals surface area contributed by atoms with Crippen molar-refractivity contribution in [1.82, 2.24) is 15.1 Å². The van der Waals surface area contributed by atoms with Crippen LogP contribution in [0, 0.1) is 11.8 Å². The molecule has 0 radical (unpaired) electrons. The van der Waals surface area contributed by atoms with Crippen LogP contribution in [-0.4, -0.2) is 96.7 Å². The van der Waals surface area contributed by atoms with Gasteiger partial charge in [0.25, 0.3) is 0 Å². The molecule has 41 heavy (non-hydrogen) atoms. The van der Waals surface area contributed by atoms with Crippen molar-refractivity contribution in [2.75, 3.05) is 33.9 Å². The molecule has 2 saturated heterocycles. The van der Waals surface area contributed by atoms with Crippen molar-refractivity contribution in [3.8, 4) is 0 Å². The number of methoxy groups -OCH3 is 2. The molecule has 1 aliphatic carbocycles. The second-order valence-electron chi connectivity index (χ2n) is 11.3. The fraction of sp³-hybridized carbons (Fsp3) is 0.806. The number of Topliss-reactive ketones (excluding diaryl/α,β-unsaturated/α-hetero) is 1. The minimum atomic E-state index is -0.952. The summed E-state index contributed by atoms with van der Waals surface area (Å²) < 4.78 is 11.3. The Hall–Kier alpha value is -2.46. The van der Waals surface area contributed by atoms with E-state index in [-0.39, 0.29) is 49.1 Å². The zero-order valence-electron chi connectivity index (χ0n) is 26.6. The Labute approximate surface area is 247 Å². The molecule has 1 saturated carbocycles. The summed E-state index contributed by atoms with van der Waals surface area (Å²) in [6.07, 6.45) is 9.30. The molecule has 0 aromatic heterocycles. The summed E-state index contributed by atoms with van der Waals surface area (Å²) in [7, 11) is 3.68. The van der Waals surface area contributed by atoms with Crippen LogP contribution in [0.5, 0.6) is 0 Å². The van der Waals surface area contributed by atoms with Gasteiger partial charge in [-0.2, -0.15) is 0 Å². The third-order valence-corrected chi connectivity index (χ3v) is 8.33. The first-order valence-corrected chi connectivity index (χ1v) is 15.2. The molecule has 2 N–H and O–H groups in total. The SMILES string of the molecule is CC.CC(=O)CCC(=O)NCC(=O)N1C[C@@H]2CC1CN2C(=O)O.COC(C)C(CC=C(C)C)C1CCCCC1OC. The fourth-order valence-electron chi connectivity index (χ4n) is 6.03. The first kappa shape index (κ1) is 36.6. The molecular weight excluding hydrogens is 526 g/mol. The Balaban J connectivity index is 0.000000391. The van der Waals surface area contributed by atoms with Gasteiger partial charge in [-0.1, -0.05) is 38.3 Å². The summed E-state index contributed by atoms with van der Waals surface area (Å²) in [6, 6.07) is -0.224. The second-order valence-corrected chi connectivity index (χ2v) is 11.3. The maximum atomic E-state index is 12.0. The van der Waals surface area contributed by atoms with Crippen LogP contribution < -0.4 is 5.32 Å². The molecule has 6 atom stereocenters. The van der Waals surface area contributed by atoms with E-state index in [9.17, 15) is 19.2 Å². The van der Waals surface area contributed by atoms with Gasteiger partial charge >= 0.3 is 6.09 Å². The van der Waals surface area contributed by atoms with Crippen LogP contribution in [0.4, 0.5) is 4.79 Å². The number of carboxylic acid groups (broad SMARTS) is 1. The van der Waals surface area contributed by atoms with Crippen LogP contribution in [0.15, 0.2) is 11.6 Å². The van der Waals surface area contributed by atoms with E-state index >= 15 is 0 Å². The van der Waals surface area contributed by atoms with Crippen LogP contribution in [0.3, 0.4) is 0 Å². The van der Waals surface area contributed by atoms with E-state index in [2.05, 4.69) is 32.2 Å². The summed E-state index contributed by atoms with van der Waals surface area (Å²) in [5, 5.41) is 11.5. The zero-order valence-corrected chi connectivity index (χ0v) is 26.6. The van der Waals surface area contributed by atoms with E-state index < -0.39 is 6.09 Å². The molecule has 3 rings (SSSR count). The average Bonchev–Trinajstić information content (AvgIpc) is 3.58. The third-order valence-electron chi connectivity index (χ3n) is 8.33. The van der Waals surface area contributed by atoms with Gasteiger partial charge in [-0.15, -0.1) is 0 Å². The summed E-state index contributed by atoms with van der Waals surface area (Å²) in [5.74, 6) is 0.630. The molecule has 10 heteroatoms. The van der Waals surface area contributed by atoms with E-state index in [0.29, 0.717) is 43.6 Å². The molecule has 3 fully saturated rings. The van der Waals surface area contributed by atoms with Crippen molar-refractivity contribution in [1.29, 1.82) is 0 Å². The van der Waals surface area contributed by atoms with E-state index in [0.717, 1.165) is 6.42 Å². The van der Waals surface area contributed by atoms with Crippen LogP contribution in [0.2, 0.25) is 0 Å². The molecule has 2 heterocycles. The number of ketones is 1. The molecule has 0 aromatic carbocycles. The first-order chi connectivity index (χ1) is 19.5. The molecule has 3 amide bonds. The lowest BCUT2D eigenvalue weighted by Crippen LogP contribution is -2.52. The highest BCUT2D eigenvalue weighted by molar-refractivity contribution is 5.87. The van der Waals surface area contributed by atoms with Crippen molar-refractivity contribution in [3.63, 3.8) is 0 Å². The second kappa shape index (κ2) is 18.9. The topological polar surface area (TPSA) is 125 Å². The average molecular weight is 582 g/mol. The predicted octanol–water partition coefficient (Wildman–Crippen LogP) is 4.66. The number of allylic oxidation sites excluding steroid dienone is 2. The number of nitrogens with one attached hydrogen (secondary N) is 1. The molecule has 3 aliphatic rings. The summed E-state index contributed by atoms with van der Waals surface area (Å²) >= 11 is 0. The van der Waals surface area contributed by atoms with Gasteiger partial charge in [-0.05, 0) is 65.2 Å². The number of likely N-dealkylation sites (tertiary alicyclic amines) is 2. The largest absolute Gasteiger partial charge is 0.465 e. The number of rotatable bonds is 11. The van der Waals surface area contributed by atoms with Crippen molar-refractivity contribution < 1.29 is 33.8 Å². The van der Waals surface area contributed by atoms with Gasteiger partial charge in [0, 0.05) is 40.2 Å². The van der Waals surface area contributed by atoms with Crippen LogP contribution in [0.1, 0.15) is 92.9 Å². The Bertz CT molecular complexity index is 874. The molecular formula is C31H55N3O7. The van der Waals surface area contributed by atoms with Gasteiger partial charge in [-0.3, -0.25) is 9.59 Å². The van der Waals surface area contributed by atoms with Crippen LogP contribution in [-0.2, 0) is 23.9 Å². The number of carbonyl (C=O) groups excluding carboxylic acids is 3. The number of carbonyl (C=O) groups is 4. The smallest absolute Gasteiger partial charge is 0.407 e. The van der Waals surface area contributed by atoms with E-state index in [1.165, 1.54) is 43.1 Å². The number of amides is 3. The van der Waals surface area contributed by atoms with E-state index in [1.807, 2.05) is 28.1 Å². The molecule has 236 valence electrons. The standard InChI is InChI=1S/C16H30O2.C13H19N3O5.C2H6/c1-12(2)10-11-14(13(3)17-4)15-8-6-7-9-16(15)18-5;1-8(17)2-3-11(18)14-5-12(19)15-6-10-4-9(15)7-16(10)13(20)21;1-2/h10,13-16H,6-9,11H2,1-5H3;9-10H,2-7H2,1H3,(H,14,18)(H,20,21);1-2H3/t;9?,10-;/m.0./s1. The highest BCUT2D eigenvalue weighted by Crippen LogP contribution is 2.36. The lowest BCUT2D eigenvalue weighted by atomic mass is 9.74. The van der Waals surface area contributed by atoms with Crippen molar-refractivity contribution in [2.45, 2.75) is 117 Å².